The molecule has 0 aliphatic rings. The average molecular weight is 280 g/mol. The minimum absolute atomic E-state index is 0.723. The van der Waals surface area contributed by atoms with Crippen molar-refractivity contribution in [1.82, 2.24) is 9.78 Å². The maximum atomic E-state index is 5.97. The quantitative estimate of drug-likeness (QED) is 0.937. The van der Waals surface area contributed by atoms with Crippen molar-refractivity contribution in [3.63, 3.8) is 0 Å². The molecule has 1 aromatic heterocycles. The summed E-state index contributed by atoms with van der Waals surface area (Å²) in [5.41, 5.74) is 8.58. The molecule has 0 saturated heterocycles. The van der Waals surface area contributed by atoms with E-state index in [9.17, 15) is 0 Å². The fraction of sp³-hybridized carbons (Fsp3) is 0.250. The van der Waals surface area contributed by atoms with Crippen molar-refractivity contribution >= 4 is 21.6 Å². The standard InChI is InChI=1S/C12H14BrN3/c1-2-7-16-8-11(14)12(15-16)9-5-3-4-6-10(9)13/h3-6,8H,2,7,14H2,1H3. The molecule has 2 rings (SSSR count). The lowest BCUT2D eigenvalue weighted by Gasteiger charge is -2.01. The van der Waals surface area contributed by atoms with Gasteiger partial charge in [0.2, 0.25) is 0 Å². The van der Waals surface area contributed by atoms with Gasteiger partial charge >= 0.3 is 0 Å². The van der Waals surface area contributed by atoms with Gasteiger partial charge < -0.3 is 5.73 Å². The van der Waals surface area contributed by atoms with Crippen LogP contribution in [0.1, 0.15) is 13.3 Å². The maximum absolute atomic E-state index is 5.97. The Morgan fingerprint density at radius 2 is 2.12 bits per heavy atom. The Morgan fingerprint density at radius 3 is 2.81 bits per heavy atom. The summed E-state index contributed by atoms with van der Waals surface area (Å²) in [5, 5.41) is 4.49. The molecular formula is C12H14BrN3. The van der Waals surface area contributed by atoms with Gasteiger partial charge in [0.05, 0.1) is 5.69 Å². The third kappa shape index (κ3) is 2.11. The Kier molecular flexibility index (Phi) is 3.29. The number of aryl methyl sites for hydroxylation is 1. The van der Waals surface area contributed by atoms with Crippen LogP contribution in [0.3, 0.4) is 0 Å². The van der Waals surface area contributed by atoms with Crippen LogP contribution in [0, 0.1) is 0 Å². The van der Waals surface area contributed by atoms with E-state index in [0.717, 1.165) is 34.4 Å². The van der Waals surface area contributed by atoms with E-state index in [0.29, 0.717) is 0 Å². The second-order valence-corrected chi connectivity index (χ2v) is 4.53. The molecule has 0 spiro atoms. The Hall–Kier alpha value is -1.29. The molecular weight excluding hydrogens is 266 g/mol. The first kappa shape index (κ1) is 11.2. The van der Waals surface area contributed by atoms with Crippen molar-refractivity contribution in [2.45, 2.75) is 19.9 Å². The number of aromatic nitrogens is 2. The zero-order valence-electron chi connectivity index (χ0n) is 9.15. The SMILES string of the molecule is CCCn1cc(N)c(-c2ccccc2Br)n1. The van der Waals surface area contributed by atoms with E-state index < -0.39 is 0 Å². The lowest BCUT2D eigenvalue weighted by Crippen LogP contribution is -1.96. The third-order valence-corrected chi connectivity index (χ3v) is 3.06. The molecule has 0 fully saturated rings. The molecule has 0 saturated carbocycles. The molecule has 16 heavy (non-hydrogen) atoms. The molecule has 1 aromatic carbocycles. The minimum atomic E-state index is 0.723. The zero-order valence-corrected chi connectivity index (χ0v) is 10.7. The molecule has 1 heterocycles. The van der Waals surface area contributed by atoms with Crippen LogP contribution < -0.4 is 5.73 Å². The lowest BCUT2D eigenvalue weighted by atomic mass is 10.1. The summed E-state index contributed by atoms with van der Waals surface area (Å²) >= 11 is 3.51. The number of halogens is 1. The van der Waals surface area contributed by atoms with Gasteiger partial charge in [0.25, 0.3) is 0 Å². The molecule has 0 atom stereocenters. The Balaban J connectivity index is 2.44. The Labute approximate surface area is 103 Å². The lowest BCUT2D eigenvalue weighted by molar-refractivity contribution is 0.604. The van der Waals surface area contributed by atoms with E-state index in [4.69, 9.17) is 5.73 Å². The maximum Gasteiger partial charge on any atom is 0.116 e. The molecule has 0 aliphatic heterocycles. The number of anilines is 1. The molecule has 0 radical (unpaired) electrons. The van der Waals surface area contributed by atoms with Crippen LogP contribution in [0.25, 0.3) is 11.3 Å². The van der Waals surface area contributed by atoms with Gasteiger partial charge in [-0.3, -0.25) is 4.68 Å². The van der Waals surface area contributed by atoms with E-state index in [1.807, 2.05) is 35.1 Å². The van der Waals surface area contributed by atoms with Crippen molar-refractivity contribution in [2.75, 3.05) is 5.73 Å². The van der Waals surface area contributed by atoms with Crippen molar-refractivity contribution in [3.05, 3.63) is 34.9 Å². The van der Waals surface area contributed by atoms with E-state index in [2.05, 4.69) is 28.0 Å². The number of nitrogens with two attached hydrogens (primary N) is 1. The predicted molar refractivity (Wildman–Crippen MR) is 70.1 cm³/mol. The summed E-state index contributed by atoms with van der Waals surface area (Å²) < 4.78 is 2.91. The molecule has 2 N–H and O–H groups in total. The van der Waals surface area contributed by atoms with Crippen LogP contribution >= 0.6 is 15.9 Å². The van der Waals surface area contributed by atoms with Crippen LogP contribution in [0.15, 0.2) is 34.9 Å². The van der Waals surface area contributed by atoms with E-state index in [1.54, 1.807) is 0 Å². The highest BCUT2D eigenvalue weighted by molar-refractivity contribution is 9.10. The monoisotopic (exact) mass is 279 g/mol. The minimum Gasteiger partial charge on any atom is -0.396 e. The second kappa shape index (κ2) is 4.70. The number of rotatable bonds is 3. The molecule has 84 valence electrons. The number of benzene rings is 1. The smallest absolute Gasteiger partial charge is 0.116 e. The number of hydrogen-bond donors (Lipinski definition) is 1. The van der Waals surface area contributed by atoms with Gasteiger partial charge in [0.15, 0.2) is 0 Å². The highest BCUT2D eigenvalue weighted by Crippen LogP contribution is 2.30. The first-order chi connectivity index (χ1) is 7.72. The Bertz CT molecular complexity index is 491. The third-order valence-electron chi connectivity index (χ3n) is 2.37. The van der Waals surface area contributed by atoms with Crippen LogP contribution in [0.2, 0.25) is 0 Å². The van der Waals surface area contributed by atoms with Gasteiger partial charge in [0, 0.05) is 22.8 Å². The van der Waals surface area contributed by atoms with Crippen LogP contribution in [0.4, 0.5) is 5.69 Å². The largest absolute Gasteiger partial charge is 0.396 e. The second-order valence-electron chi connectivity index (χ2n) is 3.68. The molecule has 4 heteroatoms. The molecule has 0 amide bonds. The average Bonchev–Trinajstić information content (AvgIpc) is 2.61. The van der Waals surface area contributed by atoms with Gasteiger partial charge in [-0.1, -0.05) is 41.1 Å². The molecule has 0 aliphatic carbocycles. The zero-order chi connectivity index (χ0) is 11.5. The highest BCUT2D eigenvalue weighted by Gasteiger charge is 2.10. The first-order valence-electron chi connectivity index (χ1n) is 5.30. The van der Waals surface area contributed by atoms with Crippen molar-refractivity contribution in [2.24, 2.45) is 0 Å². The molecule has 0 bridgehead atoms. The van der Waals surface area contributed by atoms with Crippen LogP contribution in [0.5, 0.6) is 0 Å². The van der Waals surface area contributed by atoms with Gasteiger partial charge in [-0.2, -0.15) is 5.10 Å². The topological polar surface area (TPSA) is 43.8 Å². The van der Waals surface area contributed by atoms with Crippen LogP contribution in [-0.2, 0) is 6.54 Å². The van der Waals surface area contributed by atoms with Crippen molar-refractivity contribution < 1.29 is 0 Å². The van der Waals surface area contributed by atoms with E-state index >= 15 is 0 Å². The van der Waals surface area contributed by atoms with Gasteiger partial charge in [-0.25, -0.2) is 0 Å². The number of nitrogens with zero attached hydrogens (tertiary/aromatic N) is 2. The highest BCUT2D eigenvalue weighted by atomic mass is 79.9. The Morgan fingerprint density at radius 1 is 1.38 bits per heavy atom. The van der Waals surface area contributed by atoms with Gasteiger partial charge in [0.1, 0.15) is 5.69 Å². The number of nitrogen functional groups attached to an aromatic ring is 1. The summed E-state index contributed by atoms with van der Waals surface area (Å²) in [6.07, 6.45) is 2.94. The predicted octanol–water partition coefficient (Wildman–Crippen LogP) is 3.30. The summed E-state index contributed by atoms with van der Waals surface area (Å²) in [5.74, 6) is 0. The fourth-order valence-electron chi connectivity index (χ4n) is 1.64. The molecule has 0 unspecified atom stereocenters. The van der Waals surface area contributed by atoms with Crippen molar-refractivity contribution in [3.8, 4) is 11.3 Å². The first-order valence-corrected chi connectivity index (χ1v) is 6.09. The van der Waals surface area contributed by atoms with E-state index in [1.165, 1.54) is 0 Å². The van der Waals surface area contributed by atoms with E-state index in [-0.39, 0.29) is 0 Å². The molecule has 2 aromatic rings. The number of hydrogen-bond acceptors (Lipinski definition) is 2. The van der Waals surface area contributed by atoms with Crippen LogP contribution in [-0.4, -0.2) is 9.78 Å². The molecule has 3 nitrogen and oxygen atoms in total. The summed E-state index contributed by atoms with van der Waals surface area (Å²) in [4.78, 5) is 0. The fourth-order valence-corrected chi connectivity index (χ4v) is 2.12. The van der Waals surface area contributed by atoms with Crippen molar-refractivity contribution in [1.29, 1.82) is 0 Å². The summed E-state index contributed by atoms with van der Waals surface area (Å²) in [7, 11) is 0. The van der Waals surface area contributed by atoms with Gasteiger partial charge in [-0.15, -0.1) is 0 Å². The summed E-state index contributed by atoms with van der Waals surface area (Å²) in [6.45, 7) is 3.02. The summed E-state index contributed by atoms with van der Waals surface area (Å²) in [6, 6.07) is 7.97. The normalized spacial score (nSPS) is 10.6. The van der Waals surface area contributed by atoms with Gasteiger partial charge in [-0.05, 0) is 12.5 Å².